The summed E-state index contributed by atoms with van der Waals surface area (Å²) in [6.07, 6.45) is 1.47. The highest BCUT2D eigenvalue weighted by Gasteiger charge is 2.09. The summed E-state index contributed by atoms with van der Waals surface area (Å²) in [7, 11) is 3.52. The SMILES string of the molecule is CNCCCC(=O)c1ccc(OC)cc1C. The van der Waals surface area contributed by atoms with Gasteiger partial charge >= 0.3 is 0 Å². The molecular weight excluding hydrogens is 202 g/mol. The number of aryl methyl sites for hydroxylation is 1. The van der Waals surface area contributed by atoms with E-state index in [1.165, 1.54) is 0 Å². The molecule has 0 atom stereocenters. The van der Waals surface area contributed by atoms with Crippen molar-refractivity contribution >= 4 is 5.78 Å². The molecule has 0 spiro atoms. The van der Waals surface area contributed by atoms with Crippen molar-refractivity contribution < 1.29 is 9.53 Å². The highest BCUT2D eigenvalue weighted by Crippen LogP contribution is 2.18. The molecule has 0 amide bonds. The maximum Gasteiger partial charge on any atom is 0.163 e. The van der Waals surface area contributed by atoms with E-state index in [-0.39, 0.29) is 5.78 Å². The average molecular weight is 221 g/mol. The summed E-state index contributed by atoms with van der Waals surface area (Å²) in [4.78, 5) is 11.9. The second kappa shape index (κ2) is 6.28. The van der Waals surface area contributed by atoms with Crippen molar-refractivity contribution in [2.45, 2.75) is 19.8 Å². The third-order valence-corrected chi connectivity index (χ3v) is 2.56. The highest BCUT2D eigenvalue weighted by molar-refractivity contribution is 5.97. The molecule has 1 rings (SSSR count). The molecule has 3 heteroatoms. The Bertz CT molecular complexity index is 361. The molecule has 1 N–H and O–H groups in total. The fourth-order valence-corrected chi connectivity index (χ4v) is 1.64. The first-order valence-electron chi connectivity index (χ1n) is 5.51. The summed E-state index contributed by atoms with van der Waals surface area (Å²) in [5.74, 6) is 1.000. The van der Waals surface area contributed by atoms with Gasteiger partial charge in [0.15, 0.2) is 5.78 Å². The minimum Gasteiger partial charge on any atom is -0.497 e. The Morgan fingerprint density at radius 3 is 2.75 bits per heavy atom. The first kappa shape index (κ1) is 12.7. The number of Topliss-reactive ketones (excluding diaryl/α,β-unsaturated/α-hetero) is 1. The standard InChI is InChI=1S/C13H19NO2/c1-10-9-11(16-3)6-7-12(10)13(15)5-4-8-14-2/h6-7,9,14H,4-5,8H2,1-3H3. The van der Waals surface area contributed by atoms with Crippen LogP contribution in [-0.2, 0) is 0 Å². The zero-order chi connectivity index (χ0) is 12.0. The van der Waals surface area contributed by atoms with Crippen LogP contribution >= 0.6 is 0 Å². The number of carbonyl (C=O) groups excluding carboxylic acids is 1. The second-order valence-corrected chi connectivity index (χ2v) is 3.81. The molecule has 0 heterocycles. The molecular formula is C13H19NO2. The molecule has 0 aliphatic carbocycles. The third-order valence-electron chi connectivity index (χ3n) is 2.56. The summed E-state index contributed by atoms with van der Waals surface area (Å²) in [6, 6.07) is 5.57. The molecule has 0 unspecified atom stereocenters. The van der Waals surface area contributed by atoms with E-state index in [0.717, 1.165) is 29.8 Å². The topological polar surface area (TPSA) is 38.3 Å². The van der Waals surface area contributed by atoms with Crippen LogP contribution in [-0.4, -0.2) is 26.5 Å². The molecule has 88 valence electrons. The molecule has 0 fully saturated rings. The number of hydrogen-bond donors (Lipinski definition) is 1. The van der Waals surface area contributed by atoms with Crippen LogP contribution in [0.2, 0.25) is 0 Å². The summed E-state index contributed by atoms with van der Waals surface area (Å²) < 4.78 is 5.11. The monoisotopic (exact) mass is 221 g/mol. The Labute approximate surface area is 96.8 Å². The van der Waals surface area contributed by atoms with Crippen LogP contribution in [0, 0.1) is 6.92 Å². The van der Waals surface area contributed by atoms with Gasteiger partial charge in [-0.15, -0.1) is 0 Å². The number of hydrogen-bond acceptors (Lipinski definition) is 3. The minimum atomic E-state index is 0.204. The molecule has 16 heavy (non-hydrogen) atoms. The lowest BCUT2D eigenvalue weighted by Gasteiger charge is -2.07. The van der Waals surface area contributed by atoms with Crippen molar-refractivity contribution in [2.24, 2.45) is 0 Å². The van der Waals surface area contributed by atoms with Gasteiger partial charge in [-0.3, -0.25) is 4.79 Å². The van der Waals surface area contributed by atoms with Crippen LogP contribution in [0.15, 0.2) is 18.2 Å². The van der Waals surface area contributed by atoms with Crippen molar-refractivity contribution in [1.82, 2.24) is 5.32 Å². The van der Waals surface area contributed by atoms with E-state index in [1.54, 1.807) is 7.11 Å². The van der Waals surface area contributed by atoms with Crippen molar-refractivity contribution in [2.75, 3.05) is 20.7 Å². The van der Waals surface area contributed by atoms with Crippen LogP contribution in [0.4, 0.5) is 0 Å². The second-order valence-electron chi connectivity index (χ2n) is 3.81. The van der Waals surface area contributed by atoms with Crippen molar-refractivity contribution in [3.63, 3.8) is 0 Å². The average Bonchev–Trinajstić information content (AvgIpc) is 2.29. The molecule has 0 radical (unpaired) electrons. The first-order valence-corrected chi connectivity index (χ1v) is 5.51. The summed E-state index contributed by atoms with van der Waals surface area (Å²) >= 11 is 0. The van der Waals surface area contributed by atoms with Gasteiger partial charge in [-0.05, 0) is 50.7 Å². The lowest BCUT2D eigenvalue weighted by molar-refractivity contribution is 0.0979. The van der Waals surface area contributed by atoms with E-state index in [9.17, 15) is 4.79 Å². The number of ketones is 1. The summed E-state index contributed by atoms with van der Waals surface area (Å²) in [6.45, 7) is 2.81. The maximum atomic E-state index is 11.9. The van der Waals surface area contributed by atoms with Crippen LogP contribution < -0.4 is 10.1 Å². The minimum absolute atomic E-state index is 0.204. The Morgan fingerprint density at radius 1 is 1.44 bits per heavy atom. The molecule has 0 aromatic heterocycles. The molecule has 3 nitrogen and oxygen atoms in total. The van der Waals surface area contributed by atoms with E-state index >= 15 is 0 Å². The number of methoxy groups -OCH3 is 1. The van der Waals surface area contributed by atoms with Gasteiger partial charge < -0.3 is 10.1 Å². The third kappa shape index (κ3) is 3.35. The van der Waals surface area contributed by atoms with Crippen LogP contribution in [0.3, 0.4) is 0 Å². The predicted molar refractivity (Wildman–Crippen MR) is 65.2 cm³/mol. The van der Waals surface area contributed by atoms with E-state index in [0.29, 0.717) is 6.42 Å². The quantitative estimate of drug-likeness (QED) is 0.591. The Morgan fingerprint density at radius 2 is 2.19 bits per heavy atom. The summed E-state index contributed by atoms with van der Waals surface area (Å²) in [5, 5.41) is 3.04. The number of ether oxygens (including phenoxy) is 1. The van der Waals surface area contributed by atoms with E-state index < -0.39 is 0 Å². The Hall–Kier alpha value is -1.35. The lowest BCUT2D eigenvalue weighted by Crippen LogP contribution is -2.10. The normalized spacial score (nSPS) is 10.2. The molecule has 0 aliphatic heterocycles. The van der Waals surface area contributed by atoms with Gasteiger partial charge in [0.05, 0.1) is 7.11 Å². The van der Waals surface area contributed by atoms with Gasteiger partial charge in [-0.1, -0.05) is 0 Å². The van der Waals surface area contributed by atoms with Gasteiger partial charge in [0.1, 0.15) is 5.75 Å². The largest absolute Gasteiger partial charge is 0.497 e. The molecule has 1 aromatic carbocycles. The summed E-state index contributed by atoms with van der Waals surface area (Å²) in [5.41, 5.74) is 1.78. The predicted octanol–water partition coefficient (Wildman–Crippen LogP) is 2.19. The Balaban J connectivity index is 2.68. The zero-order valence-corrected chi connectivity index (χ0v) is 10.2. The Kier molecular flexibility index (Phi) is 4.99. The van der Waals surface area contributed by atoms with Crippen molar-refractivity contribution in [3.8, 4) is 5.75 Å². The van der Waals surface area contributed by atoms with E-state index in [4.69, 9.17) is 4.74 Å². The molecule has 0 saturated carbocycles. The number of nitrogens with one attached hydrogen (secondary N) is 1. The highest BCUT2D eigenvalue weighted by atomic mass is 16.5. The van der Waals surface area contributed by atoms with Gasteiger partial charge in [0.2, 0.25) is 0 Å². The zero-order valence-electron chi connectivity index (χ0n) is 10.2. The fourth-order valence-electron chi connectivity index (χ4n) is 1.64. The van der Waals surface area contributed by atoms with Gasteiger partial charge in [-0.25, -0.2) is 0 Å². The smallest absolute Gasteiger partial charge is 0.163 e. The fraction of sp³-hybridized carbons (Fsp3) is 0.462. The van der Waals surface area contributed by atoms with Crippen molar-refractivity contribution in [3.05, 3.63) is 29.3 Å². The molecule has 0 saturated heterocycles. The lowest BCUT2D eigenvalue weighted by atomic mass is 10.0. The van der Waals surface area contributed by atoms with Gasteiger partial charge in [0, 0.05) is 12.0 Å². The number of benzene rings is 1. The molecule has 0 bridgehead atoms. The molecule has 1 aromatic rings. The maximum absolute atomic E-state index is 11.9. The first-order chi connectivity index (χ1) is 7.69. The van der Waals surface area contributed by atoms with Crippen molar-refractivity contribution in [1.29, 1.82) is 0 Å². The number of carbonyl (C=O) groups is 1. The van der Waals surface area contributed by atoms with Gasteiger partial charge in [-0.2, -0.15) is 0 Å². The van der Waals surface area contributed by atoms with Gasteiger partial charge in [0.25, 0.3) is 0 Å². The molecule has 0 aliphatic rings. The van der Waals surface area contributed by atoms with E-state index in [1.807, 2.05) is 32.2 Å². The van der Waals surface area contributed by atoms with E-state index in [2.05, 4.69) is 5.32 Å². The van der Waals surface area contributed by atoms with Crippen LogP contribution in [0.1, 0.15) is 28.8 Å². The number of rotatable bonds is 6. The van der Waals surface area contributed by atoms with Crippen LogP contribution in [0.25, 0.3) is 0 Å². The van der Waals surface area contributed by atoms with Crippen LogP contribution in [0.5, 0.6) is 5.75 Å².